The van der Waals surface area contributed by atoms with Crippen molar-refractivity contribution in [2.75, 3.05) is 13.2 Å². The molecule has 0 aliphatic carbocycles. The summed E-state index contributed by atoms with van der Waals surface area (Å²) < 4.78 is 29.2. The highest BCUT2D eigenvalue weighted by atomic mass is 31.2. The lowest BCUT2D eigenvalue weighted by Crippen LogP contribution is -2.35. The number of hydrogen-bond acceptors (Lipinski definition) is 5. The average molecular weight is 274 g/mol. The first-order valence-corrected chi connectivity index (χ1v) is 7.87. The highest BCUT2D eigenvalue weighted by molar-refractivity contribution is 7.54. The molecular weight excluding hydrogens is 255 g/mol. The Balaban J connectivity index is 2.31. The molecule has 6 heteroatoms. The standard InChI is InChI=1S/C12H19O5P/c1-4-15-18(14,16-5-2)12-10-7-6-9(17-10)11(12)8(3)13/h6-7,9-12H,4-5H2,1-3H3/t9-,10+,11-,12-/m1/s1. The third-order valence-corrected chi connectivity index (χ3v) is 5.90. The molecule has 1 saturated heterocycles. The number of hydrogen-bond donors (Lipinski definition) is 0. The van der Waals surface area contributed by atoms with Crippen LogP contribution in [0.1, 0.15) is 20.8 Å². The summed E-state index contributed by atoms with van der Waals surface area (Å²) in [6.45, 7) is 5.60. The predicted molar refractivity (Wildman–Crippen MR) is 66.6 cm³/mol. The van der Waals surface area contributed by atoms with Gasteiger partial charge in [-0.3, -0.25) is 9.36 Å². The number of ketones is 1. The van der Waals surface area contributed by atoms with Crippen LogP contribution in [0.2, 0.25) is 0 Å². The normalized spacial score (nSPS) is 34.2. The van der Waals surface area contributed by atoms with Crippen LogP contribution in [0.3, 0.4) is 0 Å². The van der Waals surface area contributed by atoms with Gasteiger partial charge in [-0.25, -0.2) is 0 Å². The van der Waals surface area contributed by atoms with Gasteiger partial charge in [-0.1, -0.05) is 12.2 Å². The van der Waals surface area contributed by atoms with Gasteiger partial charge in [0, 0.05) is 0 Å². The first kappa shape index (κ1) is 13.9. The molecule has 2 heterocycles. The smallest absolute Gasteiger partial charge is 0.337 e. The van der Waals surface area contributed by atoms with Crippen molar-refractivity contribution in [1.82, 2.24) is 0 Å². The van der Waals surface area contributed by atoms with Crippen molar-refractivity contribution < 1.29 is 23.1 Å². The van der Waals surface area contributed by atoms with Gasteiger partial charge in [0.15, 0.2) is 0 Å². The van der Waals surface area contributed by atoms with Crippen LogP contribution < -0.4 is 0 Å². The largest absolute Gasteiger partial charge is 0.365 e. The van der Waals surface area contributed by atoms with E-state index in [2.05, 4.69) is 0 Å². The highest BCUT2D eigenvalue weighted by Gasteiger charge is 2.57. The first-order valence-electron chi connectivity index (χ1n) is 6.26. The van der Waals surface area contributed by atoms with Gasteiger partial charge in [-0.15, -0.1) is 0 Å². The molecular formula is C12H19O5P. The van der Waals surface area contributed by atoms with Crippen LogP contribution >= 0.6 is 7.60 Å². The number of Topliss-reactive ketones (excluding diaryl/α,β-unsaturated/α-hetero) is 1. The van der Waals surface area contributed by atoms with Gasteiger partial charge in [0.05, 0.1) is 31.3 Å². The zero-order chi connectivity index (χ0) is 13.3. The summed E-state index contributed by atoms with van der Waals surface area (Å²) in [5.74, 6) is -0.458. The van der Waals surface area contributed by atoms with E-state index in [1.165, 1.54) is 6.92 Å². The Morgan fingerprint density at radius 1 is 1.22 bits per heavy atom. The van der Waals surface area contributed by atoms with Gasteiger partial charge in [-0.2, -0.15) is 0 Å². The van der Waals surface area contributed by atoms with Crippen LogP contribution in [0.15, 0.2) is 12.2 Å². The second-order valence-corrected chi connectivity index (χ2v) is 6.64. The van der Waals surface area contributed by atoms with E-state index in [1.807, 2.05) is 12.2 Å². The van der Waals surface area contributed by atoms with E-state index in [1.54, 1.807) is 13.8 Å². The zero-order valence-corrected chi connectivity index (χ0v) is 11.8. The van der Waals surface area contributed by atoms with E-state index >= 15 is 0 Å². The van der Waals surface area contributed by atoms with Gasteiger partial charge >= 0.3 is 7.60 Å². The van der Waals surface area contributed by atoms with Crippen molar-refractivity contribution in [3.8, 4) is 0 Å². The third-order valence-electron chi connectivity index (χ3n) is 3.32. The second kappa shape index (κ2) is 5.25. The summed E-state index contributed by atoms with van der Waals surface area (Å²) in [5, 5.41) is 0. The molecule has 0 aromatic heterocycles. The molecule has 0 aromatic carbocycles. The maximum Gasteiger partial charge on any atom is 0.337 e. The molecule has 2 aliphatic rings. The van der Waals surface area contributed by atoms with Crippen molar-refractivity contribution in [2.45, 2.75) is 38.6 Å². The summed E-state index contributed by atoms with van der Waals surface area (Å²) in [5.41, 5.74) is -0.509. The summed E-state index contributed by atoms with van der Waals surface area (Å²) in [4.78, 5) is 11.8. The first-order chi connectivity index (χ1) is 8.53. The fraction of sp³-hybridized carbons (Fsp3) is 0.750. The zero-order valence-electron chi connectivity index (χ0n) is 10.9. The summed E-state index contributed by atoms with van der Waals surface area (Å²) >= 11 is 0. The van der Waals surface area contributed by atoms with Gasteiger partial charge in [0.1, 0.15) is 11.4 Å². The van der Waals surface area contributed by atoms with Crippen molar-refractivity contribution in [3.63, 3.8) is 0 Å². The summed E-state index contributed by atoms with van der Waals surface area (Å²) in [6, 6.07) is 0. The van der Waals surface area contributed by atoms with Crippen LogP contribution in [0, 0.1) is 5.92 Å². The lowest BCUT2D eigenvalue weighted by molar-refractivity contribution is -0.121. The van der Waals surface area contributed by atoms with Crippen molar-refractivity contribution in [1.29, 1.82) is 0 Å². The third kappa shape index (κ3) is 2.21. The Bertz CT molecular complexity index is 395. The van der Waals surface area contributed by atoms with Crippen LogP contribution in [0.4, 0.5) is 0 Å². The average Bonchev–Trinajstić information content (AvgIpc) is 2.88. The van der Waals surface area contributed by atoms with Crippen molar-refractivity contribution in [2.24, 2.45) is 5.92 Å². The molecule has 0 N–H and O–H groups in total. The molecule has 0 unspecified atom stereocenters. The predicted octanol–water partition coefficient (Wildman–Crippen LogP) is 2.16. The Morgan fingerprint density at radius 3 is 2.28 bits per heavy atom. The number of ether oxygens (including phenoxy) is 1. The number of carbonyl (C=O) groups is 1. The molecule has 102 valence electrons. The molecule has 4 atom stereocenters. The molecule has 18 heavy (non-hydrogen) atoms. The summed E-state index contributed by atoms with van der Waals surface area (Å²) in [6.07, 6.45) is 3.08. The maximum absolute atomic E-state index is 12.8. The minimum absolute atomic E-state index is 0.0310. The maximum atomic E-state index is 12.8. The lowest BCUT2D eigenvalue weighted by Gasteiger charge is -2.29. The molecule has 1 fully saturated rings. The summed E-state index contributed by atoms with van der Waals surface area (Å²) in [7, 11) is -3.32. The highest BCUT2D eigenvalue weighted by Crippen LogP contribution is 2.61. The fourth-order valence-electron chi connectivity index (χ4n) is 2.71. The monoisotopic (exact) mass is 274 g/mol. The second-order valence-electron chi connectivity index (χ2n) is 4.45. The van der Waals surface area contributed by atoms with Crippen molar-refractivity contribution >= 4 is 13.4 Å². The van der Waals surface area contributed by atoms with E-state index in [0.717, 1.165) is 0 Å². The van der Waals surface area contributed by atoms with E-state index in [4.69, 9.17) is 13.8 Å². The SMILES string of the molecule is CCOP(=O)(OCC)[C@H]1[C@H](C(C)=O)[C@H]2C=C[C@@H]1O2. The van der Waals surface area contributed by atoms with Crippen molar-refractivity contribution in [3.05, 3.63) is 12.2 Å². The topological polar surface area (TPSA) is 61.8 Å². The van der Waals surface area contributed by atoms with Gasteiger partial charge < -0.3 is 13.8 Å². The molecule has 2 bridgehead atoms. The Morgan fingerprint density at radius 2 is 1.78 bits per heavy atom. The van der Waals surface area contributed by atoms with E-state index in [0.29, 0.717) is 13.2 Å². The Kier molecular flexibility index (Phi) is 4.07. The van der Waals surface area contributed by atoms with Crippen LogP contribution in [-0.4, -0.2) is 36.9 Å². The van der Waals surface area contributed by atoms with Crippen LogP contribution in [0.5, 0.6) is 0 Å². The molecule has 0 spiro atoms. The lowest BCUT2D eigenvalue weighted by atomic mass is 9.90. The van der Waals surface area contributed by atoms with Gasteiger partial charge in [0.25, 0.3) is 0 Å². The Labute approximate surface area is 107 Å². The quantitative estimate of drug-likeness (QED) is 0.548. The number of fused-ring (bicyclic) bond motifs is 2. The van der Waals surface area contributed by atoms with E-state index in [-0.39, 0.29) is 18.0 Å². The fourth-order valence-corrected chi connectivity index (χ4v) is 5.15. The Hall–Kier alpha value is -0.480. The molecule has 2 aliphatic heterocycles. The minimum Gasteiger partial charge on any atom is -0.365 e. The molecule has 0 aromatic rings. The van der Waals surface area contributed by atoms with E-state index < -0.39 is 19.2 Å². The van der Waals surface area contributed by atoms with Gasteiger partial charge in [-0.05, 0) is 20.8 Å². The molecule has 0 saturated carbocycles. The number of carbonyl (C=O) groups excluding carboxylic acids is 1. The minimum atomic E-state index is -3.32. The molecule has 0 radical (unpaired) electrons. The van der Waals surface area contributed by atoms with Crippen LogP contribution in [0.25, 0.3) is 0 Å². The molecule has 2 rings (SSSR count). The molecule has 5 nitrogen and oxygen atoms in total. The molecule has 0 amide bonds. The van der Waals surface area contributed by atoms with Gasteiger partial charge in [0.2, 0.25) is 0 Å². The van der Waals surface area contributed by atoms with Crippen LogP contribution in [-0.2, 0) is 23.1 Å². The number of rotatable bonds is 6. The van der Waals surface area contributed by atoms with E-state index in [9.17, 15) is 9.36 Å².